The second kappa shape index (κ2) is 6.06. The number of aliphatic hydroxyl groups excluding tert-OH is 1. The summed E-state index contributed by atoms with van der Waals surface area (Å²) in [5, 5.41) is 11.4. The monoisotopic (exact) mass is 275 g/mol. The fraction of sp³-hybridized carbons (Fsp3) is 0.462. The van der Waals surface area contributed by atoms with Crippen molar-refractivity contribution in [2.45, 2.75) is 32.5 Å². The highest BCUT2D eigenvalue weighted by Gasteiger charge is 2.33. The van der Waals surface area contributed by atoms with Crippen LogP contribution in [0.2, 0.25) is 0 Å². The minimum absolute atomic E-state index is 0.0650. The third-order valence-corrected chi connectivity index (χ3v) is 2.85. The maximum atomic E-state index is 12.7. The molecule has 1 amide bonds. The molecule has 106 valence electrons. The highest BCUT2D eigenvalue weighted by atomic mass is 19.4. The molecule has 1 rings (SSSR count). The van der Waals surface area contributed by atoms with Crippen LogP contribution < -0.4 is 5.32 Å². The van der Waals surface area contributed by atoms with E-state index in [0.717, 1.165) is 6.07 Å². The Kier molecular flexibility index (Phi) is 4.94. The molecule has 0 bridgehead atoms. The third kappa shape index (κ3) is 3.96. The molecule has 0 saturated carbocycles. The number of hydrogen-bond acceptors (Lipinski definition) is 2. The van der Waals surface area contributed by atoms with Gasteiger partial charge in [0.25, 0.3) is 5.91 Å². The summed E-state index contributed by atoms with van der Waals surface area (Å²) >= 11 is 0. The zero-order chi connectivity index (χ0) is 14.6. The highest BCUT2D eigenvalue weighted by molar-refractivity contribution is 5.94. The van der Waals surface area contributed by atoms with Crippen molar-refractivity contribution in [3.8, 4) is 0 Å². The summed E-state index contributed by atoms with van der Waals surface area (Å²) in [5.41, 5.74) is -0.819. The van der Waals surface area contributed by atoms with Crippen LogP contribution in [0.5, 0.6) is 0 Å². The predicted molar refractivity (Wildman–Crippen MR) is 64.8 cm³/mol. The number of aryl methyl sites for hydroxylation is 1. The first kappa shape index (κ1) is 15.5. The highest BCUT2D eigenvalue weighted by Crippen LogP contribution is 2.32. The molecule has 1 unspecified atom stereocenters. The van der Waals surface area contributed by atoms with Gasteiger partial charge in [0.15, 0.2) is 0 Å². The maximum Gasteiger partial charge on any atom is 0.416 e. The van der Waals surface area contributed by atoms with Gasteiger partial charge >= 0.3 is 6.18 Å². The van der Waals surface area contributed by atoms with Crippen LogP contribution in [0, 0.1) is 6.92 Å². The SMILES string of the molecule is CCC(CO)NC(=O)c1ccc(C)c(C(F)(F)F)c1. The quantitative estimate of drug-likeness (QED) is 0.887. The van der Waals surface area contributed by atoms with Gasteiger partial charge in [-0.2, -0.15) is 13.2 Å². The van der Waals surface area contributed by atoms with E-state index in [0.29, 0.717) is 6.42 Å². The number of benzene rings is 1. The van der Waals surface area contributed by atoms with Gasteiger partial charge in [-0.3, -0.25) is 4.79 Å². The molecule has 0 spiro atoms. The molecule has 3 nitrogen and oxygen atoms in total. The van der Waals surface area contributed by atoms with Crippen LogP contribution >= 0.6 is 0 Å². The van der Waals surface area contributed by atoms with Crippen molar-refractivity contribution >= 4 is 5.91 Å². The smallest absolute Gasteiger partial charge is 0.394 e. The normalized spacial score (nSPS) is 13.2. The Bertz CT molecular complexity index is 454. The van der Waals surface area contributed by atoms with E-state index < -0.39 is 23.7 Å². The summed E-state index contributed by atoms with van der Waals surface area (Å²) in [6, 6.07) is 2.97. The molecule has 0 saturated heterocycles. The van der Waals surface area contributed by atoms with Crippen LogP contribution in [-0.4, -0.2) is 23.7 Å². The fourth-order valence-electron chi connectivity index (χ4n) is 1.61. The van der Waals surface area contributed by atoms with Gasteiger partial charge in [0.1, 0.15) is 0 Å². The lowest BCUT2D eigenvalue weighted by atomic mass is 10.0. The second-order valence-electron chi connectivity index (χ2n) is 4.29. The van der Waals surface area contributed by atoms with Crippen molar-refractivity contribution in [3.63, 3.8) is 0 Å². The number of hydrogen-bond donors (Lipinski definition) is 2. The maximum absolute atomic E-state index is 12.7. The topological polar surface area (TPSA) is 49.3 Å². The zero-order valence-electron chi connectivity index (χ0n) is 10.7. The van der Waals surface area contributed by atoms with Gasteiger partial charge in [-0.15, -0.1) is 0 Å². The number of amides is 1. The van der Waals surface area contributed by atoms with Crippen LogP contribution in [0.25, 0.3) is 0 Å². The minimum Gasteiger partial charge on any atom is -0.394 e. The van der Waals surface area contributed by atoms with Gasteiger partial charge in [0, 0.05) is 5.56 Å². The summed E-state index contributed by atoms with van der Waals surface area (Å²) in [5.74, 6) is -0.619. The number of alkyl halides is 3. The molecule has 0 heterocycles. The van der Waals surface area contributed by atoms with E-state index in [1.165, 1.54) is 19.1 Å². The molecule has 2 N–H and O–H groups in total. The summed E-state index contributed by atoms with van der Waals surface area (Å²) in [6.07, 6.45) is -3.98. The van der Waals surface area contributed by atoms with E-state index in [1.807, 2.05) is 0 Å². The third-order valence-electron chi connectivity index (χ3n) is 2.85. The van der Waals surface area contributed by atoms with Gasteiger partial charge in [-0.25, -0.2) is 0 Å². The second-order valence-corrected chi connectivity index (χ2v) is 4.29. The van der Waals surface area contributed by atoms with Crippen LogP contribution in [0.3, 0.4) is 0 Å². The number of halogens is 3. The van der Waals surface area contributed by atoms with Crippen LogP contribution in [0.15, 0.2) is 18.2 Å². The molecular weight excluding hydrogens is 259 g/mol. The summed E-state index contributed by atoms with van der Waals surface area (Å²) in [4.78, 5) is 11.8. The molecule has 0 aromatic heterocycles. The van der Waals surface area contributed by atoms with Gasteiger partial charge in [0.2, 0.25) is 0 Å². The standard InChI is InChI=1S/C13H16F3NO2/c1-3-10(7-18)17-12(19)9-5-4-8(2)11(6-9)13(14,15)16/h4-6,10,18H,3,7H2,1-2H3,(H,17,19). The van der Waals surface area contributed by atoms with E-state index in [2.05, 4.69) is 5.32 Å². The van der Waals surface area contributed by atoms with Crippen molar-refractivity contribution in [3.05, 3.63) is 34.9 Å². The van der Waals surface area contributed by atoms with Crippen LogP contribution in [-0.2, 0) is 6.18 Å². The van der Waals surface area contributed by atoms with Gasteiger partial charge in [-0.05, 0) is 31.0 Å². The molecule has 1 aromatic carbocycles. The average molecular weight is 275 g/mol. The molecular formula is C13H16F3NO2. The average Bonchev–Trinajstić information content (AvgIpc) is 2.34. The lowest BCUT2D eigenvalue weighted by molar-refractivity contribution is -0.138. The Labute approximate surface area is 109 Å². The lowest BCUT2D eigenvalue weighted by Gasteiger charge is -2.15. The Hall–Kier alpha value is -1.56. The van der Waals surface area contributed by atoms with Gasteiger partial charge in [-0.1, -0.05) is 13.0 Å². The summed E-state index contributed by atoms with van der Waals surface area (Å²) in [7, 11) is 0. The predicted octanol–water partition coefficient (Wildman–Crippen LogP) is 2.51. The number of nitrogens with one attached hydrogen (secondary N) is 1. The molecule has 6 heteroatoms. The van der Waals surface area contributed by atoms with Crippen molar-refractivity contribution < 1.29 is 23.1 Å². The van der Waals surface area contributed by atoms with Crippen molar-refractivity contribution in [1.29, 1.82) is 0 Å². The Morgan fingerprint density at radius 3 is 2.53 bits per heavy atom. The van der Waals surface area contributed by atoms with Gasteiger partial charge < -0.3 is 10.4 Å². The Morgan fingerprint density at radius 2 is 2.05 bits per heavy atom. The summed E-state index contributed by atoms with van der Waals surface area (Å²) < 4.78 is 38.1. The minimum atomic E-state index is -4.48. The first-order valence-corrected chi connectivity index (χ1v) is 5.89. The van der Waals surface area contributed by atoms with Crippen molar-refractivity contribution in [1.82, 2.24) is 5.32 Å². The Morgan fingerprint density at radius 1 is 1.42 bits per heavy atom. The molecule has 1 atom stereocenters. The largest absolute Gasteiger partial charge is 0.416 e. The van der Waals surface area contributed by atoms with E-state index in [1.54, 1.807) is 6.92 Å². The van der Waals surface area contributed by atoms with E-state index in [-0.39, 0.29) is 17.7 Å². The molecule has 0 fully saturated rings. The van der Waals surface area contributed by atoms with E-state index >= 15 is 0 Å². The molecule has 0 radical (unpaired) electrons. The molecule has 1 aromatic rings. The number of rotatable bonds is 4. The molecule has 19 heavy (non-hydrogen) atoms. The Balaban J connectivity index is 2.99. The molecule has 0 aliphatic rings. The molecule has 0 aliphatic carbocycles. The van der Waals surface area contributed by atoms with E-state index in [9.17, 15) is 18.0 Å². The number of carbonyl (C=O) groups excluding carboxylic acids is 1. The summed E-state index contributed by atoms with van der Waals surface area (Å²) in [6.45, 7) is 2.85. The first-order chi connectivity index (χ1) is 8.79. The van der Waals surface area contributed by atoms with E-state index in [4.69, 9.17) is 5.11 Å². The van der Waals surface area contributed by atoms with Gasteiger partial charge in [0.05, 0.1) is 18.2 Å². The molecule has 0 aliphatic heterocycles. The van der Waals surface area contributed by atoms with Crippen LogP contribution in [0.1, 0.15) is 34.8 Å². The van der Waals surface area contributed by atoms with Crippen molar-refractivity contribution in [2.75, 3.05) is 6.61 Å². The fourth-order valence-corrected chi connectivity index (χ4v) is 1.61. The first-order valence-electron chi connectivity index (χ1n) is 5.89. The number of aliphatic hydroxyl groups is 1. The van der Waals surface area contributed by atoms with Crippen molar-refractivity contribution in [2.24, 2.45) is 0 Å². The zero-order valence-corrected chi connectivity index (χ0v) is 10.7. The number of carbonyl (C=O) groups is 1. The van der Waals surface area contributed by atoms with Crippen LogP contribution in [0.4, 0.5) is 13.2 Å². The lowest BCUT2D eigenvalue weighted by Crippen LogP contribution is -2.37.